The summed E-state index contributed by atoms with van der Waals surface area (Å²) < 4.78 is 5.36. The standard InChI is InChI=1S/C19H29N3O2.2ClH/c1-4-9-22(10-5-2)14-16(23)13-21-18-12-17(24-3)11-15-7-6-8-20-19(15)18;;/h6-8,11-12,16,21,23H,4-5,9-10,13-14H2,1-3H3;2*1H. The Morgan fingerprint density at radius 3 is 2.50 bits per heavy atom. The van der Waals surface area contributed by atoms with Crippen LogP contribution in [0.2, 0.25) is 0 Å². The molecule has 1 heterocycles. The number of anilines is 1. The number of methoxy groups -OCH3 is 1. The summed E-state index contributed by atoms with van der Waals surface area (Å²) in [5.74, 6) is 0.783. The van der Waals surface area contributed by atoms with Gasteiger partial charge in [-0.1, -0.05) is 19.9 Å². The average Bonchev–Trinajstić information content (AvgIpc) is 2.59. The Morgan fingerprint density at radius 2 is 1.88 bits per heavy atom. The van der Waals surface area contributed by atoms with Crippen LogP contribution in [0, 0.1) is 0 Å². The van der Waals surface area contributed by atoms with E-state index in [-0.39, 0.29) is 24.8 Å². The van der Waals surface area contributed by atoms with Crippen molar-refractivity contribution >= 4 is 41.4 Å². The third kappa shape index (κ3) is 7.16. The maximum Gasteiger partial charge on any atom is 0.121 e. The Bertz CT molecular complexity index is 637. The van der Waals surface area contributed by atoms with Gasteiger partial charge in [-0.05, 0) is 38.1 Å². The number of nitrogens with zero attached hydrogens (tertiary/aromatic N) is 2. The van der Waals surface area contributed by atoms with Crippen molar-refractivity contribution in [3.05, 3.63) is 30.5 Å². The van der Waals surface area contributed by atoms with Gasteiger partial charge >= 0.3 is 0 Å². The fraction of sp³-hybridized carbons (Fsp3) is 0.526. The minimum atomic E-state index is -0.423. The van der Waals surface area contributed by atoms with Gasteiger partial charge in [-0.2, -0.15) is 0 Å². The fourth-order valence-corrected chi connectivity index (χ4v) is 2.93. The fourth-order valence-electron chi connectivity index (χ4n) is 2.93. The SMILES string of the molecule is CCCN(CCC)CC(O)CNc1cc(OC)cc2cccnc12.Cl.Cl. The van der Waals surface area contributed by atoms with Gasteiger partial charge in [0.25, 0.3) is 0 Å². The highest BCUT2D eigenvalue weighted by Gasteiger charge is 2.12. The zero-order chi connectivity index (χ0) is 17.4. The Hall–Kier alpha value is -1.27. The topological polar surface area (TPSA) is 57.6 Å². The molecule has 1 atom stereocenters. The molecular formula is C19H31Cl2N3O2. The molecule has 2 N–H and O–H groups in total. The van der Waals surface area contributed by atoms with Crippen molar-refractivity contribution in [2.24, 2.45) is 0 Å². The van der Waals surface area contributed by atoms with Crippen LogP contribution in [-0.2, 0) is 0 Å². The molecule has 5 nitrogen and oxygen atoms in total. The first kappa shape index (κ1) is 24.7. The number of fused-ring (bicyclic) bond motifs is 1. The molecule has 7 heteroatoms. The van der Waals surface area contributed by atoms with Crippen molar-refractivity contribution < 1.29 is 9.84 Å². The number of pyridine rings is 1. The quantitative estimate of drug-likeness (QED) is 0.627. The first-order valence-electron chi connectivity index (χ1n) is 8.75. The lowest BCUT2D eigenvalue weighted by atomic mass is 10.1. The second kappa shape index (κ2) is 13.0. The van der Waals surface area contributed by atoms with Gasteiger partial charge < -0.3 is 20.1 Å². The normalized spacial score (nSPS) is 11.6. The van der Waals surface area contributed by atoms with Crippen molar-refractivity contribution in [1.82, 2.24) is 9.88 Å². The third-order valence-corrected chi connectivity index (χ3v) is 3.99. The van der Waals surface area contributed by atoms with Gasteiger partial charge in [-0.3, -0.25) is 4.98 Å². The lowest BCUT2D eigenvalue weighted by molar-refractivity contribution is 0.121. The summed E-state index contributed by atoms with van der Waals surface area (Å²) in [5, 5.41) is 14.7. The molecule has 26 heavy (non-hydrogen) atoms. The molecule has 1 aromatic carbocycles. The lowest BCUT2D eigenvalue weighted by Crippen LogP contribution is -2.37. The van der Waals surface area contributed by atoms with Crippen LogP contribution >= 0.6 is 24.8 Å². The molecule has 1 unspecified atom stereocenters. The van der Waals surface area contributed by atoms with Crippen LogP contribution in [-0.4, -0.2) is 54.4 Å². The smallest absolute Gasteiger partial charge is 0.121 e. The van der Waals surface area contributed by atoms with Gasteiger partial charge in [0.2, 0.25) is 0 Å². The van der Waals surface area contributed by atoms with Crippen LogP contribution in [0.3, 0.4) is 0 Å². The summed E-state index contributed by atoms with van der Waals surface area (Å²) in [4.78, 5) is 6.76. The number of aliphatic hydroxyl groups excluding tert-OH is 1. The van der Waals surface area contributed by atoms with E-state index in [1.807, 2.05) is 24.3 Å². The van der Waals surface area contributed by atoms with Gasteiger partial charge in [-0.25, -0.2) is 0 Å². The molecule has 0 aliphatic carbocycles. The number of ether oxygens (including phenoxy) is 1. The predicted octanol–water partition coefficient (Wildman–Crippen LogP) is 3.98. The Morgan fingerprint density at radius 1 is 1.19 bits per heavy atom. The van der Waals surface area contributed by atoms with E-state index in [1.165, 1.54) is 0 Å². The van der Waals surface area contributed by atoms with E-state index < -0.39 is 6.10 Å². The number of benzene rings is 1. The summed E-state index contributed by atoms with van der Waals surface area (Å²) in [7, 11) is 1.66. The minimum Gasteiger partial charge on any atom is -0.497 e. The second-order valence-electron chi connectivity index (χ2n) is 6.09. The van der Waals surface area contributed by atoms with Crippen LogP contribution < -0.4 is 10.1 Å². The maximum absolute atomic E-state index is 10.4. The monoisotopic (exact) mass is 403 g/mol. The molecule has 2 aromatic rings. The summed E-state index contributed by atoms with van der Waals surface area (Å²) >= 11 is 0. The number of aromatic nitrogens is 1. The number of hydrogen-bond acceptors (Lipinski definition) is 5. The molecule has 0 aliphatic heterocycles. The van der Waals surface area contributed by atoms with Gasteiger partial charge in [-0.15, -0.1) is 24.8 Å². The minimum absolute atomic E-state index is 0. The molecule has 0 radical (unpaired) electrons. The Balaban J connectivity index is 0.00000312. The summed E-state index contributed by atoms with van der Waals surface area (Å²) in [6.07, 6.45) is 3.56. The zero-order valence-electron chi connectivity index (χ0n) is 15.8. The first-order valence-corrected chi connectivity index (χ1v) is 8.75. The van der Waals surface area contributed by atoms with Crippen molar-refractivity contribution in [2.45, 2.75) is 32.8 Å². The molecular weight excluding hydrogens is 373 g/mol. The lowest BCUT2D eigenvalue weighted by Gasteiger charge is -2.24. The molecule has 0 bridgehead atoms. The number of halogens is 2. The van der Waals surface area contributed by atoms with Gasteiger partial charge in [0, 0.05) is 30.7 Å². The predicted molar refractivity (Wildman–Crippen MR) is 114 cm³/mol. The van der Waals surface area contributed by atoms with Crippen molar-refractivity contribution in [2.75, 3.05) is 38.6 Å². The van der Waals surface area contributed by atoms with E-state index in [0.717, 1.165) is 48.3 Å². The molecule has 2 rings (SSSR count). The van der Waals surface area contributed by atoms with E-state index in [2.05, 4.69) is 29.0 Å². The van der Waals surface area contributed by atoms with Gasteiger partial charge in [0.1, 0.15) is 5.75 Å². The van der Waals surface area contributed by atoms with E-state index in [9.17, 15) is 5.11 Å². The van der Waals surface area contributed by atoms with E-state index >= 15 is 0 Å². The summed E-state index contributed by atoms with van der Waals surface area (Å²) in [6, 6.07) is 7.82. The van der Waals surface area contributed by atoms with E-state index in [4.69, 9.17) is 4.74 Å². The largest absolute Gasteiger partial charge is 0.497 e. The number of aliphatic hydroxyl groups is 1. The number of nitrogens with one attached hydrogen (secondary N) is 1. The van der Waals surface area contributed by atoms with Gasteiger partial charge in [0.05, 0.1) is 24.4 Å². The van der Waals surface area contributed by atoms with Crippen molar-refractivity contribution in [3.63, 3.8) is 0 Å². The van der Waals surface area contributed by atoms with Crippen LogP contribution in [0.5, 0.6) is 5.75 Å². The average molecular weight is 404 g/mol. The van der Waals surface area contributed by atoms with Crippen LogP contribution in [0.15, 0.2) is 30.5 Å². The van der Waals surface area contributed by atoms with Crippen LogP contribution in [0.4, 0.5) is 5.69 Å². The molecule has 148 valence electrons. The van der Waals surface area contributed by atoms with E-state index in [0.29, 0.717) is 13.1 Å². The zero-order valence-corrected chi connectivity index (χ0v) is 17.4. The first-order chi connectivity index (χ1) is 11.7. The maximum atomic E-state index is 10.4. The van der Waals surface area contributed by atoms with Crippen LogP contribution in [0.1, 0.15) is 26.7 Å². The van der Waals surface area contributed by atoms with Gasteiger partial charge in [0.15, 0.2) is 0 Å². The highest BCUT2D eigenvalue weighted by Crippen LogP contribution is 2.27. The molecule has 0 fully saturated rings. The third-order valence-electron chi connectivity index (χ3n) is 3.99. The van der Waals surface area contributed by atoms with E-state index in [1.54, 1.807) is 13.3 Å². The second-order valence-corrected chi connectivity index (χ2v) is 6.09. The van der Waals surface area contributed by atoms with Crippen LogP contribution in [0.25, 0.3) is 10.9 Å². The number of rotatable bonds is 10. The molecule has 0 aliphatic rings. The summed E-state index contributed by atoms with van der Waals surface area (Å²) in [5.41, 5.74) is 1.78. The molecule has 0 saturated heterocycles. The van der Waals surface area contributed by atoms with Crippen molar-refractivity contribution in [1.29, 1.82) is 0 Å². The molecule has 0 amide bonds. The number of hydrogen-bond donors (Lipinski definition) is 2. The molecule has 0 saturated carbocycles. The Kier molecular flexibility index (Phi) is 12.3. The highest BCUT2D eigenvalue weighted by molar-refractivity contribution is 5.91. The Labute approximate surface area is 169 Å². The molecule has 1 aromatic heterocycles. The molecule has 0 spiro atoms. The highest BCUT2D eigenvalue weighted by atomic mass is 35.5. The van der Waals surface area contributed by atoms with Crippen molar-refractivity contribution in [3.8, 4) is 5.75 Å². The summed E-state index contributed by atoms with van der Waals surface area (Å²) in [6.45, 7) is 7.55.